The van der Waals surface area contributed by atoms with Crippen molar-refractivity contribution in [2.45, 2.75) is 6.92 Å². The van der Waals surface area contributed by atoms with E-state index >= 15 is 0 Å². The number of benzene rings is 7. The number of aromatic nitrogens is 3. The minimum Gasteiger partial charge on any atom is -0.355 e. The predicted octanol–water partition coefficient (Wildman–Crippen LogP) is 12.6. The number of hydrogen-bond acceptors (Lipinski definition) is 3. The summed E-state index contributed by atoms with van der Waals surface area (Å²) in [6, 6.07) is 57.6. The van der Waals surface area contributed by atoms with E-state index in [0.717, 1.165) is 72.1 Å². The molecule has 0 aliphatic rings. The zero-order valence-electron chi connectivity index (χ0n) is 31.5. The molecule has 6 heteroatoms. The van der Waals surface area contributed by atoms with E-state index in [1.807, 2.05) is 65.5 Å². The topological polar surface area (TPSA) is 58.6 Å². The predicted molar refractivity (Wildman–Crippen MR) is 244 cm³/mol. The van der Waals surface area contributed by atoms with Gasteiger partial charge >= 0.3 is 0 Å². The Morgan fingerprint density at radius 2 is 1.40 bits per heavy atom. The van der Waals surface area contributed by atoms with E-state index in [1.165, 1.54) is 22.1 Å². The fraction of sp³-hybridized carbons (Fsp3) is 0.0196. The maximum absolute atomic E-state index is 8.85. The minimum absolute atomic E-state index is 0.818. The van der Waals surface area contributed by atoms with E-state index in [9.17, 15) is 0 Å². The molecule has 0 saturated carbocycles. The number of anilines is 2. The minimum atomic E-state index is -0.843. The summed E-state index contributed by atoms with van der Waals surface area (Å²) >= 11 is 0. The van der Waals surface area contributed by atoms with Crippen LogP contribution in [0.1, 0.15) is 12.5 Å². The fourth-order valence-electron chi connectivity index (χ4n) is 7.85. The highest BCUT2D eigenvalue weighted by Crippen LogP contribution is 2.45. The molecule has 7 aromatic carbocycles. The summed E-state index contributed by atoms with van der Waals surface area (Å²) in [6.45, 7) is 6.10. The van der Waals surface area contributed by atoms with Gasteiger partial charge in [-0.2, -0.15) is 5.10 Å². The van der Waals surface area contributed by atoms with E-state index in [-0.39, 0.29) is 0 Å². The lowest BCUT2D eigenvalue weighted by Gasteiger charge is -2.21. The lowest BCUT2D eigenvalue weighted by Crippen LogP contribution is -2.13. The lowest BCUT2D eigenvalue weighted by molar-refractivity contribution is 0.911. The number of nitrogens with zero attached hydrogens (tertiary/aromatic N) is 3. The summed E-state index contributed by atoms with van der Waals surface area (Å²) < 4.78 is 4.35. The average molecular weight is 754 g/mol. The quantitative estimate of drug-likeness (QED) is 0.0785. The van der Waals surface area contributed by atoms with E-state index in [0.29, 0.717) is 0 Å². The molecule has 57 heavy (non-hydrogen) atoms. The SMILES string of the molecule is C=C/C=C(\C=C/C)P(c1ccccc1)c1ccc(-n2c3c(-c4ccc5c(cnn5-c5ccccc5)c4)cccc3c3ccc(Nc4ccccc4)c(C=N)c32)cc1. The first kappa shape index (κ1) is 35.6. The second-order valence-electron chi connectivity index (χ2n) is 13.8. The first-order valence-corrected chi connectivity index (χ1v) is 20.4. The lowest BCUT2D eigenvalue weighted by atomic mass is 10.0. The zero-order valence-corrected chi connectivity index (χ0v) is 32.4. The van der Waals surface area contributed by atoms with Crippen LogP contribution in [0, 0.1) is 5.41 Å². The maximum atomic E-state index is 8.85. The Morgan fingerprint density at radius 3 is 2.12 bits per heavy atom. The number of rotatable bonds is 11. The Kier molecular flexibility index (Phi) is 9.74. The van der Waals surface area contributed by atoms with Crippen LogP contribution in [0.3, 0.4) is 0 Å². The number of para-hydroxylation sites is 3. The highest BCUT2D eigenvalue weighted by molar-refractivity contribution is 7.77. The number of nitrogens with one attached hydrogen (secondary N) is 2. The van der Waals surface area contributed by atoms with Crippen LogP contribution in [-0.4, -0.2) is 20.6 Å². The first-order valence-electron chi connectivity index (χ1n) is 19.0. The monoisotopic (exact) mass is 753 g/mol. The molecule has 0 bridgehead atoms. The van der Waals surface area contributed by atoms with E-state index in [1.54, 1.807) is 0 Å². The second kappa shape index (κ2) is 15.6. The van der Waals surface area contributed by atoms with Crippen LogP contribution in [0.5, 0.6) is 0 Å². The van der Waals surface area contributed by atoms with Gasteiger partial charge in [0.1, 0.15) is 0 Å². The van der Waals surface area contributed by atoms with Gasteiger partial charge in [-0.25, -0.2) is 4.68 Å². The van der Waals surface area contributed by atoms with Crippen molar-refractivity contribution in [3.8, 4) is 22.5 Å². The third-order valence-electron chi connectivity index (χ3n) is 10.3. The first-order chi connectivity index (χ1) is 28.2. The molecule has 0 amide bonds. The van der Waals surface area contributed by atoms with Gasteiger partial charge in [0.25, 0.3) is 0 Å². The van der Waals surface area contributed by atoms with Crippen LogP contribution in [0.25, 0.3) is 55.2 Å². The molecule has 5 nitrogen and oxygen atoms in total. The Balaban J connectivity index is 1.27. The van der Waals surface area contributed by atoms with E-state index in [4.69, 9.17) is 10.5 Å². The molecule has 0 radical (unpaired) electrons. The van der Waals surface area contributed by atoms with Crippen molar-refractivity contribution in [2.24, 2.45) is 0 Å². The highest BCUT2D eigenvalue weighted by Gasteiger charge is 2.22. The molecule has 2 heterocycles. The summed E-state index contributed by atoms with van der Waals surface area (Å²) in [7, 11) is -0.843. The van der Waals surface area contributed by atoms with Gasteiger partial charge in [0.2, 0.25) is 0 Å². The summed E-state index contributed by atoms with van der Waals surface area (Å²) in [6.07, 6.45) is 11.7. The number of hydrogen-bond donors (Lipinski definition) is 2. The molecule has 1 unspecified atom stereocenters. The summed E-state index contributed by atoms with van der Waals surface area (Å²) in [5.74, 6) is 0. The van der Waals surface area contributed by atoms with Gasteiger partial charge in [0.15, 0.2) is 0 Å². The van der Waals surface area contributed by atoms with Gasteiger partial charge in [0, 0.05) is 50.6 Å². The van der Waals surface area contributed by atoms with Gasteiger partial charge in [-0.3, -0.25) is 0 Å². The molecule has 0 aliphatic heterocycles. The van der Waals surface area contributed by atoms with Crippen LogP contribution in [0.15, 0.2) is 206 Å². The van der Waals surface area contributed by atoms with Crippen LogP contribution in [0.2, 0.25) is 0 Å². The van der Waals surface area contributed by atoms with Crippen molar-refractivity contribution in [3.05, 3.63) is 212 Å². The van der Waals surface area contributed by atoms with Gasteiger partial charge in [-0.05, 0) is 90.9 Å². The molecule has 2 N–H and O–H groups in total. The molecule has 9 rings (SSSR count). The van der Waals surface area contributed by atoms with Crippen LogP contribution >= 0.6 is 7.92 Å². The number of allylic oxidation sites excluding steroid dienone is 5. The standard InChI is InChI=1S/C51H40N5P/c1-3-15-41(16-4-2)57(42-21-12-7-13-22-42)43-28-26-39(27-29-43)55-50-44(36-25-32-49-37(33-36)35-53-56(49)40-19-10-6-11-20-40)23-14-24-45(50)46-30-31-48(47(34-52)51(46)55)54-38-17-8-5-9-18-38/h3-35,52,54H,1H2,2H3/b16-4-,41-15+,52-34?. The van der Waals surface area contributed by atoms with Crippen LogP contribution in [-0.2, 0) is 0 Å². The Bertz CT molecular complexity index is 2960. The molecule has 0 fully saturated rings. The van der Waals surface area contributed by atoms with Gasteiger partial charge < -0.3 is 15.3 Å². The second-order valence-corrected chi connectivity index (χ2v) is 16.0. The largest absolute Gasteiger partial charge is 0.355 e. The average Bonchev–Trinajstić information content (AvgIpc) is 3.84. The summed E-state index contributed by atoms with van der Waals surface area (Å²) in [4.78, 5) is 0. The van der Waals surface area contributed by atoms with Gasteiger partial charge in [-0.1, -0.05) is 140 Å². The molecule has 0 spiro atoms. The molecule has 0 aliphatic carbocycles. The third kappa shape index (κ3) is 6.58. The fourth-order valence-corrected chi connectivity index (χ4v) is 10.2. The normalized spacial score (nSPS) is 12.4. The Morgan fingerprint density at radius 1 is 0.702 bits per heavy atom. The molecular weight excluding hydrogens is 714 g/mol. The molecule has 2 aromatic heterocycles. The van der Waals surface area contributed by atoms with Crippen LogP contribution < -0.4 is 15.9 Å². The Hall–Kier alpha value is -7.07. The van der Waals surface area contributed by atoms with Crippen molar-refractivity contribution in [3.63, 3.8) is 0 Å². The maximum Gasteiger partial charge on any atom is 0.0741 e. The highest BCUT2D eigenvalue weighted by atomic mass is 31.1. The van der Waals surface area contributed by atoms with Crippen molar-refractivity contribution < 1.29 is 0 Å². The van der Waals surface area contributed by atoms with Gasteiger partial charge in [-0.15, -0.1) is 0 Å². The van der Waals surface area contributed by atoms with Gasteiger partial charge in [0.05, 0.1) is 28.4 Å². The smallest absolute Gasteiger partial charge is 0.0741 e. The summed E-state index contributed by atoms with van der Waals surface area (Å²) in [5.41, 5.74) is 10.0. The van der Waals surface area contributed by atoms with E-state index in [2.05, 4.69) is 157 Å². The van der Waals surface area contributed by atoms with Crippen molar-refractivity contribution in [2.75, 3.05) is 5.32 Å². The van der Waals surface area contributed by atoms with Crippen molar-refractivity contribution in [1.82, 2.24) is 14.3 Å². The molecule has 9 aromatic rings. The number of fused-ring (bicyclic) bond motifs is 4. The van der Waals surface area contributed by atoms with Crippen molar-refractivity contribution >= 4 is 68.8 Å². The molecular formula is C51H40N5P. The van der Waals surface area contributed by atoms with E-state index < -0.39 is 7.92 Å². The summed E-state index contributed by atoms with van der Waals surface area (Å²) in [5, 5.41) is 24.3. The van der Waals surface area contributed by atoms with Crippen LogP contribution in [0.4, 0.5) is 11.4 Å². The third-order valence-corrected chi connectivity index (χ3v) is 12.8. The Labute approximate surface area is 333 Å². The molecule has 0 saturated heterocycles. The van der Waals surface area contributed by atoms with Crippen molar-refractivity contribution in [1.29, 1.82) is 5.41 Å². The molecule has 274 valence electrons. The zero-order chi connectivity index (χ0) is 38.7. The molecule has 1 atom stereocenters.